The summed E-state index contributed by atoms with van der Waals surface area (Å²) in [7, 11) is 1.64. The van der Waals surface area contributed by atoms with Gasteiger partial charge in [-0.25, -0.2) is 0 Å². The van der Waals surface area contributed by atoms with Crippen LogP contribution in [0.25, 0.3) is 11.4 Å². The Balaban J connectivity index is 1.50. The van der Waals surface area contributed by atoms with Gasteiger partial charge in [0.2, 0.25) is 5.91 Å². The lowest BCUT2D eigenvalue weighted by Gasteiger charge is -2.35. The molecule has 0 saturated carbocycles. The normalized spacial score (nSPS) is 15.9. The van der Waals surface area contributed by atoms with Crippen LogP contribution in [0.4, 0.5) is 0 Å². The van der Waals surface area contributed by atoms with Crippen molar-refractivity contribution in [2.24, 2.45) is 0 Å². The van der Waals surface area contributed by atoms with Crippen molar-refractivity contribution >= 4 is 29.5 Å². The minimum Gasteiger partial charge on any atom is -0.497 e. The molecule has 1 N–H and O–H groups in total. The van der Waals surface area contributed by atoms with Crippen molar-refractivity contribution in [2.75, 3.05) is 13.7 Å². The van der Waals surface area contributed by atoms with E-state index in [9.17, 15) is 4.79 Å². The number of carbonyl (C=O) groups excluding carboxylic acids is 1. The summed E-state index contributed by atoms with van der Waals surface area (Å²) in [5, 5.41) is 9.36. The number of ether oxygens (including phenoxy) is 1. The number of hydrogen-bond donors (Lipinski definition) is 1. The van der Waals surface area contributed by atoms with Gasteiger partial charge < -0.3 is 9.64 Å². The number of aromatic amines is 1. The summed E-state index contributed by atoms with van der Waals surface area (Å²) in [6.07, 6.45) is 2.27. The molecule has 0 saturated heterocycles. The minimum atomic E-state index is 0.164. The van der Waals surface area contributed by atoms with Gasteiger partial charge in [-0.2, -0.15) is 5.10 Å². The largest absolute Gasteiger partial charge is 0.497 e. The number of benzene rings is 1. The van der Waals surface area contributed by atoms with Crippen molar-refractivity contribution in [3.05, 3.63) is 50.9 Å². The number of aromatic nitrogens is 3. The first-order valence-electron chi connectivity index (χ1n) is 9.77. The van der Waals surface area contributed by atoms with Crippen LogP contribution < -0.4 is 4.74 Å². The van der Waals surface area contributed by atoms with Gasteiger partial charge in [0.15, 0.2) is 10.6 Å². The van der Waals surface area contributed by atoms with E-state index in [4.69, 9.17) is 17.0 Å². The third kappa shape index (κ3) is 3.86. The first-order chi connectivity index (χ1) is 14.1. The molecule has 1 unspecified atom stereocenters. The molecular formula is C21H24N4O2S2. The molecule has 2 aromatic heterocycles. The Morgan fingerprint density at radius 3 is 2.86 bits per heavy atom. The third-order valence-corrected chi connectivity index (χ3v) is 6.77. The van der Waals surface area contributed by atoms with Gasteiger partial charge in [0.05, 0.1) is 13.2 Å². The standard InChI is InChI=1S/C21H24N4O2S2/c1-3-17-16-10-13-29-18(16)8-11-24(17)19(26)9-12-25-20(22-23-21(25)28)14-4-6-15(27-2)7-5-14/h4-7,10,13,17H,3,8-9,11-12H2,1-2H3,(H,23,28). The first-order valence-corrected chi connectivity index (χ1v) is 11.1. The summed E-state index contributed by atoms with van der Waals surface area (Å²) in [5.41, 5.74) is 2.24. The smallest absolute Gasteiger partial charge is 0.224 e. The molecule has 1 aromatic carbocycles. The van der Waals surface area contributed by atoms with Gasteiger partial charge in [0.25, 0.3) is 0 Å². The third-order valence-electron chi connectivity index (χ3n) is 5.46. The number of fused-ring (bicyclic) bond motifs is 1. The highest BCUT2D eigenvalue weighted by molar-refractivity contribution is 7.71. The lowest BCUT2D eigenvalue weighted by molar-refractivity contribution is -0.134. The second-order valence-electron chi connectivity index (χ2n) is 7.04. The molecule has 0 radical (unpaired) electrons. The quantitative estimate of drug-likeness (QED) is 0.583. The lowest BCUT2D eigenvalue weighted by Crippen LogP contribution is -2.39. The molecule has 8 heteroatoms. The number of nitrogens with zero attached hydrogens (tertiary/aromatic N) is 3. The summed E-state index contributed by atoms with van der Waals surface area (Å²) in [6.45, 7) is 3.43. The predicted octanol–water partition coefficient (Wildman–Crippen LogP) is 4.60. The molecular weight excluding hydrogens is 404 g/mol. The van der Waals surface area contributed by atoms with Crippen LogP contribution in [-0.4, -0.2) is 39.2 Å². The fourth-order valence-electron chi connectivity index (χ4n) is 3.97. The minimum absolute atomic E-state index is 0.164. The average Bonchev–Trinajstić information content (AvgIpc) is 3.37. The molecule has 1 aliphatic heterocycles. The molecule has 1 amide bonds. The van der Waals surface area contributed by atoms with Gasteiger partial charge in [-0.15, -0.1) is 11.3 Å². The van der Waals surface area contributed by atoms with Crippen molar-refractivity contribution in [1.82, 2.24) is 19.7 Å². The van der Waals surface area contributed by atoms with Crippen molar-refractivity contribution in [3.63, 3.8) is 0 Å². The molecule has 152 valence electrons. The van der Waals surface area contributed by atoms with Crippen LogP contribution in [0.1, 0.15) is 36.2 Å². The Labute approximate surface area is 179 Å². The maximum absolute atomic E-state index is 13.1. The first kappa shape index (κ1) is 19.8. The van der Waals surface area contributed by atoms with E-state index < -0.39 is 0 Å². The van der Waals surface area contributed by atoms with Gasteiger partial charge in [-0.1, -0.05) is 6.92 Å². The van der Waals surface area contributed by atoms with E-state index in [1.54, 1.807) is 18.4 Å². The number of rotatable bonds is 6. The van der Waals surface area contributed by atoms with Gasteiger partial charge >= 0.3 is 0 Å². The van der Waals surface area contributed by atoms with Crippen molar-refractivity contribution in [1.29, 1.82) is 0 Å². The monoisotopic (exact) mass is 428 g/mol. The van der Waals surface area contributed by atoms with E-state index in [-0.39, 0.29) is 11.9 Å². The van der Waals surface area contributed by atoms with Crippen LogP contribution in [0, 0.1) is 4.77 Å². The molecule has 1 atom stereocenters. The van der Waals surface area contributed by atoms with E-state index in [2.05, 4.69) is 28.6 Å². The summed E-state index contributed by atoms with van der Waals surface area (Å²) in [6, 6.07) is 10.0. The fourth-order valence-corrected chi connectivity index (χ4v) is 5.12. The SMILES string of the molecule is CCC1c2ccsc2CCN1C(=O)CCn1c(-c2ccc(OC)cc2)n[nH]c1=S. The number of methoxy groups -OCH3 is 1. The second-order valence-corrected chi connectivity index (χ2v) is 8.43. The average molecular weight is 429 g/mol. The maximum Gasteiger partial charge on any atom is 0.224 e. The number of carbonyl (C=O) groups is 1. The van der Waals surface area contributed by atoms with Crippen LogP contribution in [0.5, 0.6) is 5.75 Å². The van der Waals surface area contributed by atoms with Crippen LogP contribution in [0.15, 0.2) is 35.7 Å². The van der Waals surface area contributed by atoms with Crippen LogP contribution >= 0.6 is 23.6 Å². The fraction of sp³-hybridized carbons (Fsp3) is 0.381. The number of H-pyrrole nitrogens is 1. The zero-order valence-corrected chi connectivity index (χ0v) is 18.2. The van der Waals surface area contributed by atoms with Gasteiger partial charge in [-0.3, -0.25) is 14.5 Å². The molecule has 6 nitrogen and oxygen atoms in total. The van der Waals surface area contributed by atoms with E-state index in [0.717, 1.165) is 36.5 Å². The maximum atomic E-state index is 13.1. The summed E-state index contributed by atoms with van der Waals surface area (Å²) >= 11 is 7.21. The molecule has 0 spiro atoms. The Kier molecular flexibility index (Phi) is 5.82. The number of thiophene rings is 1. The van der Waals surface area contributed by atoms with Gasteiger partial charge in [0.1, 0.15) is 5.75 Å². The van der Waals surface area contributed by atoms with Crippen LogP contribution in [0.2, 0.25) is 0 Å². The zero-order valence-electron chi connectivity index (χ0n) is 16.6. The highest BCUT2D eigenvalue weighted by atomic mass is 32.1. The molecule has 29 heavy (non-hydrogen) atoms. The van der Waals surface area contributed by atoms with E-state index in [1.165, 1.54) is 10.4 Å². The second kappa shape index (κ2) is 8.51. The molecule has 1 aliphatic rings. The highest BCUT2D eigenvalue weighted by Crippen LogP contribution is 2.35. The van der Waals surface area contributed by atoms with Gasteiger partial charge in [0, 0.05) is 30.0 Å². The van der Waals surface area contributed by atoms with Crippen molar-refractivity contribution in [3.8, 4) is 17.1 Å². The lowest BCUT2D eigenvalue weighted by atomic mass is 9.97. The number of amides is 1. The van der Waals surface area contributed by atoms with Gasteiger partial charge in [-0.05, 0) is 66.3 Å². The predicted molar refractivity (Wildman–Crippen MR) is 117 cm³/mol. The molecule has 0 bridgehead atoms. The number of nitrogens with one attached hydrogen (secondary N) is 1. The van der Waals surface area contributed by atoms with E-state index in [0.29, 0.717) is 17.7 Å². The van der Waals surface area contributed by atoms with E-state index >= 15 is 0 Å². The Morgan fingerprint density at radius 1 is 1.34 bits per heavy atom. The Hall–Kier alpha value is -2.45. The van der Waals surface area contributed by atoms with Crippen molar-refractivity contribution in [2.45, 2.75) is 38.8 Å². The number of hydrogen-bond acceptors (Lipinski definition) is 5. The van der Waals surface area contributed by atoms with Crippen molar-refractivity contribution < 1.29 is 9.53 Å². The molecule has 4 rings (SSSR count). The summed E-state index contributed by atoms with van der Waals surface area (Å²) < 4.78 is 7.64. The Bertz CT molecular complexity index is 1050. The molecule has 3 aromatic rings. The Morgan fingerprint density at radius 2 is 2.14 bits per heavy atom. The summed E-state index contributed by atoms with van der Waals surface area (Å²) in [5.74, 6) is 1.68. The topological polar surface area (TPSA) is 63.1 Å². The van der Waals surface area contributed by atoms with Crippen LogP contribution in [0.3, 0.4) is 0 Å². The molecule has 0 fully saturated rings. The van der Waals surface area contributed by atoms with Crippen LogP contribution in [-0.2, 0) is 17.8 Å². The van der Waals surface area contributed by atoms with E-state index in [1.807, 2.05) is 33.7 Å². The highest BCUT2D eigenvalue weighted by Gasteiger charge is 2.30. The zero-order chi connectivity index (χ0) is 20.4. The molecule has 0 aliphatic carbocycles. The summed E-state index contributed by atoms with van der Waals surface area (Å²) in [4.78, 5) is 16.5. The molecule has 3 heterocycles.